The quantitative estimate of drug-likeness (QED) is 0.215. The standard InChI is InChI=1S/C15H28N4OS/c1-5-12-10-18-13(21-12)11(2)17-9-7-6-8-15(3,4)14(16)19-20/h10-11,17,20H,5-9H2,1-4H3,(H2,16,19). The van der Waals surface area contributed by atoms with Crippen molar-refractivity contribution in [3.05, 3.63) is 16.1 Å². The molecule has 4 N–H and O–H groups in total. The number of amidine groups is 1. The summed E-state index contributed by atoms with van der Waals surface area (Å²) in [6, 6.07) is 0.299. The first-order valence-corrected chi connectivity index (χ1v) is 8.38. The minimum absolute atomic E-state index is 0.244. The van der Waals surface area contributed by atoms with Gasteiger partial charge in [-0.1, -0.05) is 32.3 Å². The largest absolute Gasteiger partial charge is 0.409 e. The molecular formula is C15H28N4OS. The summed E-state index contributed by atoms with van der Waals surface area (Å²) in [4.78, 5) is 5.79. The van der Waals surface area contributed by atoms with Gasteiger partial charge in [-0.05, 0) is 32.7 Å². The molecule has 1 unspecified atom stereocenters. The summed E-state index contributed by atoms with van der Waals surface area (Å²) < 4.78 is 0. The minimum Gasteiger partial charge on any atom is -0.409 e. The molecule has 1 aromatic heterocycles. The van der Waals surface area contributed by atoms with Gasteiger partial charge in [-0.2, -0.15) is 0 Å². The van der Waals surface area contributed by atoms with Crippen LogP contribution in [0.25, 0.3) is 0 Å². The van der Waals surface area contributed by atoms with Crippen molar-refractivity contribution < 1.29 is 5.21 Å². The fourth-order valence-electron chi connectivity index (χ4n) is 2.05. The van der Waals surface area contributed by atoms with E-state index in [9.17, 15) is 0 Å². The number of nitrogens with one attached hydrogen (secondary N) is 1. The van der Waals surface area contributed by atoms with Gasteiger partial charge in [-0.25, -0.2) is 4.98 Å². The molecule has 0 aromatic carbocycles. The van der Waals surface area contributed by atoms with Gasteiger partial charge < -0.3 is 16.3 Å². The summed E-state index contributed by atoms with van der Waals surface area (Å²) in [5.41, 5.74) is 5.44. The Morgan fingerprint density at radius 2 is 2.24 bits per heavy atom. The molecule has 120 valence electrons. The molecule has 6 heteroatoms. The van der Waals surface area contributed by atoms with Crippen LogP contribution in [0.1, 0.15) is 62.9 Å². The molecule has 0 radical (unpaired) electrons. The van der Waals surface area contributed by atoms with Crippen molar-refractivity contribution in [1.82, 2.24) is 10.3 Å². The number of rotatable bonds is 9. The smallest absolute Gasteiger partial charge is 0.144 e. The number of aryl methyl sites for hydroxylation is 1. The molecule has 0 aliphatic rings. The molecule has 1 atom stereocenters. The third-order valence-corrected chi connectivity index (χ3v) is 5.09. The van der Waals surface area contributed by atoms with E-state index >= 15 is 0 Å². The van der Waals surface area contributed by atoms with Crippen LogP contribution in [-0.4, -0.2) is 22.6 Å². The number of unbranched alkanes of at least 4 members (excludes halogenated alkanes) is 1. The monoisotopic (exact) mass is 312 g/mol. The second-order valence-corrected chi connectivity index (χ2v) is 7.17. The first kappa shape index (κ1) is 17.9. The maximum atomic E-state index is 8.74. The van der Waals surface area contributed by atoms with Gasteiger partial charge in [0, 0.05) is 16.5 Å². The molecule has 0 saturated heterocycles. The molecule has 0 bridgehead atoms. The van der Waals surface area contributed by atoms with Gasteiger partial charge in [-0.15, -0.1) is 11.3 Å². The molecule has 0 fully saturated rings. The lowest BCUT2D eigenvalue weighted by molar-refractivity contribution is 0.304. The maximum absolute atomic E-state index is 8.74. The molecule has 5 nitrogen and oxygen atoms in total. The van der Waals surface area contributed by atoms with E-state index in [1.54, 1.807) is 11.3 Å². The highest BCUT2D eigenvalue weighted by atomic mass is 32.1. The zero-order chi connectivity index (χ0) is 15.9. The fraction of sp³-hybridized carbons (Fsp3) is 0.733. The molecule has 1 aromatic rings. The van der Waals surface area contributed by atoms with Gasteiger partial charge in [-0.3, -0.25) is 0 Å². The molecule has 21 heavy (non-hydrogen) atoms. The minimum atomic E-state index is -0.244. The predicted molar refractivity (Wildman–Crippen MR) is 89.0 cm³/mol. The van der Waals surface area contributed by atoms with E-state index in [0.29, 0.717) is 11.9 Å². The lowest BCUT2D eigenvalue weighted by Crippen LogP contribution is -2.32. The van der Waals surface area contributed by atoms with E-state index < -0.39 is 0 Å². The van der Waals surface area contributed by atoms with Crippen LogP contribution < -0.4 is 11.1 Å². The van der Waals surface area contributed by atoms with Crippen LogP contribution in [-0.2, 0) is 6.42 Å². The Kier molecular flexibility index (Phi) is 7.11. The number of thiazole rings is 1. The Balaban J connectivity index is 2.25. The van der Waals surface area contributed by atoms with Crippen LogP contribution in [0, 0.1) is 5.41 Å². The normalized spacial score (nSPS) is 14.4. The second kappa shape index (κ2) is 8.34. The lowest BCUT2D eigenvalue weighted by atomic mass is 9.86. The molecule has 1 heterocycles. The van der Waals surface area contributed by atoms with Crippen LogP contribution in [0.3, 0.4) is 0 Å². The first-order valence-electron chi connectivity index (χ1n) is 7.56. The predicted octanol–water partition coefficient (Wildman–Crippen LogP) is 3.30. The van der Waals surface area contributed by atoms with Gasteiger partial charge in [0.2, 0.25) is 0 Å². The summed E-state index contributed by atoms with van der Waals surface area (Å²) >= 11 is 1.78. The topological polar surface area (TPSA) is 83.5 Å². The Morgan fingerprint density at radius 1 is 1.52 bits per heavy atom. The molecule has 0 aliphatic carbocycles. The highest BCUT2D eigenvalue weighted by Gasteiger charge is 2.22. The zero-order valence-corrected chi connectivity index (χ0v) is 14.3. The SMILES string of the molecule is CCc1cnc(C(C)NCCCCC(C)(C)C(N)=NO)s1. The number of nitrogens with zero attached hydrogens (tertiary/aromatic N) is 2. The Labute approximate surface area is 131 Å². The molecule has 0 amide bonds. The average molecular weight is 312 g/mol. The van der Waals surface area contributed by atoms with Crippen molar-refractivity contribution in [2.75, 3.05) is 6.54 Å². The van der Waals surface area contributed by atoms with E-state index in [-0.39, 0.29) is 5.41 Å². The third-order valence-electron chi connectivity index (χ3n) is 3.77. The lowest BCUT2D eigenvalue weighted by Gasteiger charge is -2.22. The zero-order valence-electron chi connectivity index (χ0n) is 13.5. The highest BCUT2D eigenvalue weighted by Crippen LogP contribution is 2.23. The average Bonchev–Trinajstić information content (AvgIpc) is 2.94. The first-order chi connectivity index (χ1) is 9.90. The van der Waals surface area contributed by atoms with Gasteiger partial charge in [0.05, 0.1) is 6.04 Å². The summed E-state index contributed by atoms with van der Waals surface area (Å²) in [6.45, 7) is 9.26. The van der Waals surface area contributed by atoms with Crippen LogP contribution in [0.5, 0.6) is 0 Å². The van der Waals surface area contributed by atoms with E-state index in [1.807, 2.05) is 20.0 Å². The van der Waals surface area contributed by atoms with Gasteiger partial charge in [0.25, 0.3) is 0 Å². The van der Waals surface area contributed by atoms with Crippen molar-refractivity contribution in [3.8, 4) is 0 Å². The Morgan fingerprint density at radius 3 is 2.81 bits per heavy atom. The number of aromatic nitrogens is 1. The van der Waals surface area contributed by atoms with E-state index in [4.69, 9.17) is 10.9 Å². The van der Waals surface area contributed by atoms with Crippen LogP contribution in [0.4, 0.5) is 0 Å². The number of nitrogens with two attached hydrogens (primary N) is 1. The van der Waals surface area contributed by atoms with E-state index in [0.717, 1.165) is 37.2 Å². The Bertz CT molecular complexity index is 456. The molecule has 1 rings (SSSR count). The Hall–Kier alpha value is -1.14. The second-order valence-electron chi connectivity index (χ2n) is 6.02. The van der Waals surface area contributed by atoms with Crippen LogP contribution in [0.15, 0.2) is 11.4 Å². The van der Waals surface area contributed by atoms with Gasteiger partial charge in [0.1, 0.15) is 10.8 Å². The third kappa shape index (κ3) is 5.63. The highest BCUT2D eigenvalue weighted by molar-refractivity contribution is 7.11. The molecule has 0 aliphatic heterocycles. The summed E-state index contributed by atoms with van der Waals surface area (Å²) in [6.07, 6.45) is 6.04. The molecule has 0 spiro atoms. The summed E-state index contributed by atoms with van der Waals surface area (Å²) in [7, 11) is 0. The number of hydrogen-bond donors (Lipinski definition) is 3. The van der Waals surface area contributed by atoms with Crippen LogP contribution >= 0.6 is 11.3 Å². The van der Waals surface area contributed by atoms with Crippen molar-refractivity contribution in [1.29, 1.82) is 0 Å². The number of oxime groups is 1. The summed E-state index contributed by atoms with van der Waals surface area (Å²) in [5.74, 6) is 0.304. The van der Waals surface area contributed by atoms with Gasteiger partial charge >= 0.3 is 0 Å². The maximum Gasteiger partial charge on any atom is 0.144 e. The van der Waals surface area contributed by atoms with Crippen molar-refractivity contribution >= 4 is 17.2 Å². The van der Waals surface area contributed by atoms with Crippen molar-refractivity contribution in [2.24, 2.45) is 16.3 Å². The molecule has 0 saturated carbocycles. The van der Waals surface area contributed by atoms with E-state index in [1.165, 1.54) is 4.88 Å². The number of hydrogen-bond acceptors (Lipinski definition) is 5. The van der Waals surface area contributed by atoms with E-state index in [2.05, 4.69) is 29.3 Å². The van der Waals surface area contributed by atoms with Crippen LogP contribution in [0.2, 0.25) is 0 Å². The fourth-order valence-corrected chi connectivity index (χ4v) is 2.93. The van der Waals surface area contributed by atoms with Crippen molar-refractivity contribution in [2.45, 2.75) is 59.4 Å². The summed E-state index contributed by atoms with van der Waals surface area (Å²) in [5, 5.41) is 16.5. The van der Waals surface area contributed by atoms with Crippen molar-refractivity contribution in [3.63, 3.8) is 0 Å². The van der Waals surface area contributed by atoms with Gasteiger partial charge in [0.15, 0.2) is 0 Å². The molecular weight excluding hydrogens is 284 g/mol.